The van der Waals surface area contributed by atoms with Gasteiger partial charge in [-0.2, -0.15) is 0 Å². The van der Waals surface area contributed by atoms with Crippen molar-refractivity contribution in [2.75, 3.05) is 0 Å². The minimum atomic E-state index is -1.90. The SMILES string of the molecule is C=C(O[Si](C)(C)C(C)(C)C)C1=CC[C@H]2[C@@H]3CC=C4CC(OC(C)=O)CC[C@]4(C)[C@H]3CC[C@]12C. The second-order valence-corrected chi connectivity index (χ2v) is 18.1. The van der Waals surface area contributed by atoms with Gasteiger partial charge >= 0.3 is 5.97 Å². The first-order valence-electron chi connectivity index (χ1n) is 13.1. The number of hydrogen-bond acceptors (Lipinski definition) is 3. The van der Waals surface area contributed by atoms with Crippen molar-refractivity contribution < 1.29 is 14.0 Å². The highest BCUT2D eigenvalue weighted by atomic mass is 28.4. The highest BCUT2D eigenvalue weighted by Gasteiger charge is 2.57. The van der Waals surface area contributed by atoms with Crippen LogP contribution in [-0.4, -0.2) is 20.4 Å². The lowest BCUT2D eigenvalue weighted by molar-refractivity contribution is -0.148. The van der Waals surface area contributed by atoms with Gasteiger partial charge in [0.05, 0.1) is 5.76 Å². The summed E-state index contributed by atoms with van der Waals surface area (Å²) in [4.78, 5) is 11.5. The van der Waals surface area contributed by atoms with Crippen LogP contribution in [-0.2, 0) is 14.0 Å². The third-order valence-electron chi connectivity index (χ3n) is 10.5. The summed E-state index contributed by atoms with van der Waals surface area (Å²) in [6, 6.07) is 0. The molecule has 184 valence electrons. The first kappa shape index (κ1) is 24.8. The maximum absolute atomic E-state index is 11.5. The quantitative estimate of drug-likeness (QED) is 0.181. The Kier molecular flexibility index (Phi) is 6.12. The van der Waals surface area contributed by atoms with Crippen molar-refractivity contribution in [3.05, 3.63) is 35.6 Å². The molecule has 0 bridgehead atoms. The summed E-state index contributed by atoms with van der Waals surface area (Å²) in [6.07, 6.45) is 13.0. The lowest BCUT2D eigenvalue weighted by atomic mass is 9.47. The summed E-state index contributed by atoms with van der Waals surface area (Å²) >= 11 is 0. The van der Waals surface area contributed by atoms with Crippen LogP contribution in [0, 0.1) is 28.6 Å². The Morgan fingerprint density at radius 2 is 1.73 bits per heavy atom. The van der Waals surface area contributed by atoms with Crippen molar-refractivity contribution in [3.8, 4) is 0 Å². The van der Waals surface area contributed by atoms with E-state index in [0.717, 1.165) is 43.3 Å². The number of carbonyl (C=O) groups excluding carboxylic acids is 1. The van der Waals surface area contributed by atoms with E-state index < -0.39 is 8.32 Å². The highest BCUT2D eigenvalue weighted by molar-refractivity contribution is 6.74. The van der Waals surface area contributed by atoms with E-state index in [0.29, 0.717) is 5.92 Å². The average Bonchev–Trinajstić information content (AvgIpc) is 3.04. The molecule has 3 nitrogen and oxygen atoms in total. The minimum Gasteiger partial charge on any atom is -0.544 e. The molecular weight excluding hydrogens is 424 g/mol. The van der Waals surface area contributed by atoms with Gasteiger partial charge in [0.2, 0.25) is 8.32 Å². The Morgan fingerprint density at radius 1 is 1.06 bits per heavy atom. The fourth-order valence-corrected chi connectivity index (χ4v) is 8.51. The number of hydrogen-bond donors (Lipinski definition) is 0. The lowest BCUT2D eigenvalue weighted by Crippen LogP contribution is -2.50. The van der Waals surface area contributed by atoms with E-state index in [-0.39, 0.29) is 27.9 Å². The molecule has 2 saturated carbocycles. The average molecular weight is 471 g/mol. The Labute approximate surface area is 203 Å². The Hall–Kier alpha value is -1.29. The van der Waals surface area contributed by atoms with Crippen LogP contribution in [0.2, 0.25) is 18.1 Å². The van der Waals surface area contributed by atoms with Gasteiger partial charge in [0.15, 0.2) is 0 Å². The van der Waals surface area contributed by atoms with Crippen molar-refractivity contribution in [1.29, 1.82) is 0 Å². The summed E-state index contributed by atoms with van der Waals surface area (Å²) < 4.78 is 12.3. The van der Waals surface area contributed by atoms with Gasteiger partial charge < -0.3 is 9.16 Å². The van der Waals surface area contributed by atoms with Crippen molar-refractivity contribution in [1.82, 2.24) is 0 Å². The third-order valence-corrected chi connectivity index (χ3v) is 14.8. The van der Waals surface area contributed by atoms with Crippen molar-refractivity contribution in [2.45, 2.75) is 111 Å². The van der Waals surface area contributed by atoms with E-state index in [1.165, 1.54) is 31.8 Å². The van der Waals surface area contributed by atoms with Crippen LogP contribution in [0.3, 0.4) is 0 Å². The van der Waals surface area contributed by atoms with Gasteiger partial charge in [-0.1, -0.05) is 58.9 Å². The predicted molar refractivity (Wildman–Crippen MR) is 138 cm³/mol. The molecule has 0 aromatic heterocycles. The van der Waals surface area contributed by atoms with Crippen molar-refractivity contribution >= 4 is 14.3 Å². The fraction of sp³-hybridized carbons (Fsp3) is 0.759. The molecule has 0 radical (unpaired) electrons. The van der Waals surface area contributed by atoms with E-state index in [2.05, 4.69) is 66.4 Å². The van der Waals surface area contributed by atoms with Gasteiger partial charge in [-0.05, 0) is 90.8 Å². The molecule has 0 saturated heterocycles. The Balaban J connectivity index is 1.53. The molecule has 4 heteroatoms. The molecule has 6 atom stereocenters. The molecule has 0 spiro atoms. The van der Waals surface area contributed by atoms with Gasteiger partial charge in [0.1, 0.15) is 6.10 Å². The normalized spacial score (nSPS) is 38.3. The topological polar surface area (TPSA) is 35.5 Å². The fourth-order valence-electron chi connectivity index (χ4n) is 7.48. The van der Waals surface area contributed by atoms with Gasteiger partial charge in [0, 0.05) is 13.3 Å². The summed E-state index contributed by atoms with van der Waals surface area (Å²) in [5.74, 6) is 2.93. The van der Waals surface area contributed by atoms with E-state index >= 15 is 0 Å². The van der Waals surface area contributed by atoms with E-state index in [4.69, 9.17) is 9.16 Å². The van der Waals surface area contributed by atoms with Crippen LogP contribution in [0.1, 0.15) is 86.5 Å². The zero-order chi connectivity index (χ0) is 24.4. The first-order valence-corrected chi connectivity index (χ1v) is 16.1. The third kappa shape index (κ3) is 4.08. The number of allylic oxidation sites excluding steroid dienone is 3. The van der Waals surface area contributed by atoms with Gasteiger partial charge in [-0.15, -0.1) is 0 Å². The summed E-state index contributed by atoms with van der Waals surface area (Å²) in [7, 11) is -1.90. The van der Waals surface area contributed by atoms with Crippen LogP contribution < -0.4 is 0 Å². The summed E-state index contributed by atoms with van der Waals surface area (Å²) in [6.45, 7) is 22.6. The molecule has 0 aromatic carbocycles. The molecule has 33 heavy (non-hydrogen) atoms. The van der Waals surface area contributed by atoms with Gasteiger partial charge in [-0.3, -0.25) is 4.79 Å². The zero-order valence-electron chi connectivity index (χ0n) is 22.3. The molecule has 2 fully saturated rings. The molecule has 0 aliphatic heterocycles. The minimum absolute atomic E-state index is 0.0720. The van der Waals surface area contributed by atoms with E-state index in [1.54, 1.807) is 5.57 Å². The predicted octanol–water partition coefficient (Wildman–Crippen LogP) is 7.95. The number of rotatable bonds is 4. The molecule has 4 rings (SSSR count). The lowest BCUT2D eigenvalue weighted by Gasteiger charge is -2.58. The Bertz CT molecular complexity index is 891. The first-order chi connectivity index (χ1) is 15.2. The van der Waals surface area contributed by atoms with Crippen molar-refractivity contribution in [3.63, 3.8) is 0 Å². The van der Waals surface area contributed by atoms with Crippen LogP contribution in [0.4, 0.5) is 0 Å². The number of carbonyl (C=O) groups is 1. The monoisotopic (exact) mass is 470 g/mol. The van der Waals surface area contributed by atoms with Crippen LogP contribution in [0.5, 0.6) is 0 Å². The standard InChI is InChI=1S/C29H46O3Si/c1-19(32-33(8,9)27(3,4)5)24-12-13-25-23-11-10-21-18-22(31-20(2)30)14-16-28(21,6)26(23)15-17-29(24,25)7/h10,12,22-23,25-26H,1,11,13-18H2,2-9H3/t22?,23-,25-,26-,28-,29+/m0/s1. The zero-order valence-corrected chi connectivity index (χ0v) is 23.3. The van der Waals surface area contributed by atoms with E-state index in [1.807, 2.05) is 0 Å². The van der Waals surface area contributed by atoms with Crippen molar-refractivity contribution in [2.24, 2.45) is 28.6 Å². The van der Waals surface area contributed by atoms with E-state index in [9.17, 15) is 4.79 Å². The van der Waals surface area contributed by atoms with Gasteiger partial charge in [-0.25, -0.2) is 0 Å². The summed E-state index contributed by atoms with van der Waals surface area (Å²) in [5.41, 5.74) is 3.39. The molecule has 4 aliphatic rings. The second-order valence-electron chi connectivity index (χ2n) is 13.3. The largest absolute Gasteiger partial charge is 0.544 e. The van der Waals surface area contributed by atoms with Gasteiger partial charge in [0.25, 0.3) is 0 Å². The number of ether oxygens (including phenoxy) is 1. The van der Waals surface area contributed by atoms with Crippen LogP contribution in [0.15, 0.2) is 35.6 Å². The molecule has 0 N–H and O–H groups in total. The maximum Gasteiger partial charge on any atom is 0.302 e. The number of fused-ring (bicyclic) bond motifs is 5. The summed E-state index contributed by atoms with van der Waals surface area (Å²) in [5, 5.41) is 0.178. The molecule has 0 amide bonds. The molecule has 0 aromatic rings. The molecule has 4 aliphatic carbocycles. The van der Waals surface area contributed by atoms with Crippen LogP contribution >= 0.6 is 0 Å². The maximum atomic E-state index is 11.5. The highest BCUT2D eigenvalue weighted by Crippen LogP contribution is 2.66. The molecule has 1 unspecified atom stereocenters. The molecule has 0 heterocycles. The molecular formula is C29H46O3Si. The smallest absolute Gasteiger partial charge is 0.302 e. The second kappa shape index (κ2) is 8.14. The van der Waals surface area contributed by atoms with Crippen LogP contribution in [0.25, 0.3) is 0 Å². The number of esters is 1. The Morgan fingerprint density at radius 3 is 2.36 bits per heavy atom.